The second kappa shape index (κ2) is 10.00. The molecule has 2 aliphatic rings. The van der Waals surface area contributed by atoms with Gasteiger partial charge in [-0.15, -0.1) is 11.8 Å². The van der Waals surface area contributed by atoms with E-state index in [9.17, 15) is 14.7 Å². The number of thioether (sulfide) groups is 1. The molecular weight excluding hydrogens is 464 g/mol. The summed E-state index contributed by atoms with van der Waals surface area (Å²) in [5, 5.41) is 29.8. The number of aromatic nitrogens is 2. The lowest BCUT2D eigenvalue weighted by atomic mass is 9.83. The number of hydrogen-bond donors (Lipinski definition) is 4. The van der Waals surface area contributed by atoms with Gasteiger partial charge in [-0.05, 0) is 49.6 Å². The van der Waals surface area contributed by atoms with Crippen LogP contribution in [0.2, 0.25) is 0 Å². The van der Waals surface area contributed by atoms with Crippen molar-refractivity contribution in [1.29, 1.82) is 5.26 Å². The normalized spacial score (nSPS) is 21.6. The van der Waals surface area contributed by atoms with Gasteiger partial charge < -0.3 is 21.1 Å². The number of benzene rings is 1. The minimum Gasteiger partial charge on any atom is -0.391 e. The maximum absolute atomic E-state index is 13.0. The third-order valence-electron chi connectivity index (χ3n) is 6.36. The van der Waals surface area contributed by atoms with E-state index in [4.69, 9.17) is 5.26 Å². The van der Waals surface area contributed by atoms with Crippen LogP contribution in [0, 0.1) is 17.2 Å². The zero-order chi connectivity index (χ0) is 24.4. The summed E-state index contributed by atoms with van der Waals surface area (Å²) in [6.45, 7) is 0.454. The number of anilines is 2. The Morgan fingerprint density at radius 2 is 2.09 bits per heavy atom. The number of amides is 2. The average Bonchev–Trinajstić information content (AvgIpc) is 2.87. The predicted octanol–water partition coefficient (Wildman–Crippen LogP) is 2.80. The number of fused-ring (bicyclic) bond motifs is 2. The van der Waals surface area contributed by atoms with Gasteiger partial charge in [0.05, 0.1) is 33.7 Å². The van der Waals surface area contributed by atoms with Crippen LogP contribution in [0.15, 0.2) is 47.4 Å². The highest BCUT2D eigenvalue weighted by molar-refractivity contribution is 8.00. The molecule has 0 radical (unpaired) electrons. The lowest BCUT2D eigenvalue weighted by Gasteiger charge is -2.33. The maximum Gasteiger partial charge on any atom is 0.235 e. The second-order valence-electron chi connectivity index (χ2n) is 8.73. The van der Waals surface area contributed by atoms with E-state index in [0.29, 0.717) is 48.6 Å². The van der Waals surface area contributed by atoms with Crippen molar-refractivity contribution in [2.75, 3.05) is 16.4 Å². The van der Waals surface area contributed by atoms with Gasteiger partial charge in [-0.1, -0.05) is 12.1 Å². The Hall–Kier alpha value is -3.52. The minimum absolute atomic E-state index is 0.0584. The van der Waals surface area contributed by atoms with Crippen molar-refractivity contribution in [1.82, 2.24) is 15.3 Å². The number of nitrogens with one attached hydrogen (secondary N) is 3. The Labute approximate surface area is 206 Å². The summed E-state index contributed by atoms with van der Waals surface area (Å²) in [7, 11) is 0. The molecule has 4 N–H and O–H groups in total. The first-order chi connectivity index (χ1) is 17.0. The van der Waals surface area contributed by atoms with Crippen LogP contribution in [0.1, 0.15) is 30.7 Å². The molecule has 2 amide bonds. The number of carbonyl (C=O) groups excluding carboxylic acids is 2. The topological polar surface area (TPSA) is 140 Å². The van der Waals surface area contributed by atoms with Gasteiger partial charge in [0.25, 0.3) is 0 Å². The monoisotopic (exact) mass is 488 g/mol. The summed E-state index contributed by atoms with van der Waals surface area (Å²) in [5.41, 5.74) is 2.19. The zero-order valence-corrected chi connectivity index (χ0v) is 19.6. The highest BCUT2D eigenvalue weighted by Gasteiger charge is 2.33. The summed E-state index contributed by atoms with van der Waals surface area (Å²) >= 11 is 1.47. The Morgan fingerprint density at radius 3 is 2.91 bits per heavy atom. The van der Waals surface area contributed by atoms with Crippen LogP contribution in [0.5, 0.6) is 0 Å². The summed E-state index contributed by atoms with van der Waals surface area (Å²) in [4.78, 5) is 34.4. The molecule has 0 spiro atoms. The van der Waals surface area contributed by atoms with Crippen LogP contribution in [-0.4, -0.2) is 44.8 Å². The minimum atomic E-state index is -0.678. The molecule has 5 rings (SSSR count). The molecule has 1 fully saturated rings. The molecule has 9 nitrogen and oxygen atoms in total. The highest BCUT2D eigenvalue weighted by Crippen LogP contribution is 2.31. The molecule has 35 heavy (non-hydrogen) atoms. The van der Waals surface area contributed by atoms with E-state index in [2.05, 4.69) is 25.9 Å². The lowest BCUT2D eigenvalue weighted by Crippen LogP contribution is -2.46. The van der Waals surface area contributed by atoms with Gasteiger partial charge in [0, 0.05) is 23.9 Å². The Balaban J connectivity index is 1.18. The molecule has 3 atom stereocenters. The number of nitrogens with zero attached hydrogens (tertiary/aromatic N) is 3. The van der Waals surface area contributed by atoms with E-state index in [1.165, 1.54) is 11.8 Å². The number of para-hydroxylation sites is 1. The fourth-order valence-corrected chi connectivity index (χ4v) is 5.26. The molecule has 0 bridgehead atoms. The number of aliphatic hydroxyl groups excluding tert-OH is 1. The molecule has 3 aromatic rings. The molecule has 178 valence electrons. The maximum atomic E-state index is 13.0. The highest BCUT2D eigenvalue weighted by atomic mass is 32.2. The standard InChI is InChI=1S/C25H24N6O3S/c26-11-16-6-4-14-2-1-3-19(23(14)28-16)30-25(34)15-5-8-18(20(32)10-15)27-12-17-7-9-21-24(29-17)31-22(33)13-35-21/h1-4,6-7,9,15,18,20,27,32H,5,8,10,12-13H2,(H,30,34)(H,29,31,33)/t15-,18-,20-/m1/s1. The van der Waals surface area contributed by atoms with Crippen molar-refractivity contribution in [2.45, 2.75) is 42.8 Å². The van der Waals surface area contributed by atoms with Gasteiger partial charge in [-0.3, -0.25) is 9.59 Å². The van der Waals surface area contributed by atoms with Crippen molar-refractivity contribution in [3.8, 4) is 6.07 Å². The summed E-state index contributed by atoms with van der Waals surface area (Å²) < 4.78 is 0. The third kappa shape index (κ3) is 5.12. The number of nitriles is 1. The fourth-order valence-electron chi connectivity index (χ4n) is 4.51. The van der Waals surface area contributed by atoms with E-state index >= 15 is 0 Å². The molecule has 1 aliphatic carbocycles. The van der Waals surface area contributed by atoms with Crippen molar-refractivity contribution < 1.29 is 14.7 Å². The Kier molecular flexibility index (Phi) is 6.63. The molecule has 2 aromatic heterocycles. The smallest absolute Gasteiger partial charge is 0.235 e. The van der Waals surface area contributed by atoms with Crippen molar-refractivity contribution >= 4 is 46.0 Å². The molecule has 1 aromatic carbocycles. The van der Waals surface area contributed by atoms with E-state index in [0.717, 1.165) is 16.0 Å². The first kappa shape index (κ1) is 23.2. The van der Waals surface area contributed by atoms with Gasteiger partial charge in [-0.2, -0.15) is 5.26 Å². The fraction of sp³-hybridized carbons (Fsp3) is 0.320. The molecule has 0 unspecified atom stereocenters. The number of pyridine rings is 2. The summed E-state index contributed by atoms with van der Waals surface area (Å²) in [6, 6.07) is 14.7. The van der Waals surface area contributed by atoms with Crippen LogP contribution in [0.4, 0.5) is 11.5 Å². The SMILES string of the molecule is N#Cc1ccc2cccc(NC(=O)[C@@H]3CC[C@@H](NCc4ccc5c(n4)NC(=O)CS5)[C@H](O)C3)c2n1. The number of hydrogen-bond acceptors (Lipinski definition) is 8. The van der Waals surface area contributed by atoms with Crippen LogP contribution >= 0.6 is 11.8 Å². The Morgan fingerprint density at radius 1 is 1.20 bits per heavy atom. The van der Waals surface area contributed by atoms with Gasteiger partial charge in [0.1, 0.15) is 17.6 Å². The van der Waals surface area contributed by atoms with Gasteiger partial charge in [-0.25, -0.2) is 9.97 Å². The summed E-state index contributed by atoms with van der Waals surface area (Å²) in [6.07, 6.45) is 0.939. The Bertz CT molecular complexity index is 1340. The van der Waals surface area contributed by atoms with Crippen molar-refractivity contribution in [3.63, 3.8) is 0 Å². The lowest BCUT2D eigenvalue weighted by molar-refractivity contribution is -0.122. The number of aliphatic hydroxyl groups is 1. The van der Waals surface area contributed by atoms with Gasteiger partial charge in [0.2, 0.25) is 11.8 Å². The molecular formula is C25H24N6O3S. The van der Waals surface area contributed by atoms with Crippen LogP contribution in [-0.2, 0) is 16.1 Å². The molecule has 1 aliphatic heterocycles. The van der Waals surface area contributed by atoms with Gasteiger partial charge >= 0.3 is 0 Å². The third-order valence-corrected chi connectivity index (χ3v) is 7.40. The largest absolute Gasteiger partial charge is 0.391 e. The van der Waals surface area contributed by atoms with E-state index in [1.807, 2.05) is 30.3 Å². The van der Waals surface area contributed by atoms with E-state index < -0.39 is 6.10 Å². The van der Waals surface area contributed by atoms with Crippen molar-refractivity contribution in [2.24, 2.45) is 5.92 Å². The average molecular weight is 489 g/mol. The van der Waals surface area contributed by atoms with Crippen LogP contribution in [0.3, 0.4) is 0 Å². The summed E-state index contributed by atoms with van der Waals surface area (Å²) in [5.74, 6) is 0.427. The molecule has 1 saturated carbocycles. The number of rotatable bonds is 5. The predicted molar refractivity (Wildman–Crippen MR) is 133 cm³/mol. The quantitative estimate of drug-likeness (QED) is 0.430. The molecule has 3 heterocycles. The van der Waals surface area contributed by atoms with Crippen LogP contribution in [0.25, 0.3) is 10.9 Å². The van der Waals surface area contributed by atoms with Crippen LogP contribution < -0.4 is 16.0 Å². The molecule has 10 heteroatoms. The molecule has 0 saturated heterocycles. The number of carbonyl (C=O) groups is 2. The van der Waals surface area contributed by atoms with Crippen molar-refractivity contribution in [3.05, 3.63) is 53.9 Å². The first-order valence-corrected chi connectivity index (χ1v) is 12.4. The van der Waals surface area contributed by atoms with E-state index in [-0.39, 0.29) is 29.5 Å². The zero-order valence-electron chi connectivity index (χ0n) is 18.8. The second-order valence-corrected chi connectivity index (χ2v) is 9.74. The first-order valence-electron chi connectivity index (χ1n) is 11.4. The van der Waals surface area contributed by atoms with E-state index in [1.54, 1.807) is 18.2 Å². The van der Waals surface area contributed by atoms with Gasteiger partial charge in [0.15, 0.2) is 0 Å².